The molecule has 0 atom stereocenters. The quantitative estimate of drug-likeness (QED) is 0.636. The highest BCUT2D eigenvalue weighted by Gasteiger charge is 2.01. The Kier molecular flexibility index (Phi) is 1.57. The van der Waals surface area contributed by atoms with Crippen molar-refractivity contribution in [1.82, 2.24) is 14.6 Å². The van der Waals surface area contributed by atoms with Crippen LogP contribution < -0.4 is 0 Å². The molecule has 0 saturated heterocycles. The Morgan fingerprint density at radius 2 is 2.33 bits per heavy atom. The van der Waals surface area contributed by atoms with Crippen molar-refractivity contribution in [2.45, 2.75) is 20.3 Å². The molecule has 0 amide bonds. The minimum Gasteiger partial charge on any atom is -0.237 e. The molecule has 0 spiro atoms. The van der Waals surface area contributed by atoms with Gasteiger partial charge in [0.2, 0.25) is 0 Å². The predicted octanol–water partition coefficient (Wildman–Crippen LogP) is 1.60. The van der Waals surface area contributed by atoms with E-state index in [-0.39, 0.29) is 0 Å². The molecule has 0 aliphatic carbocycles. The fourth-order valence-corrected chi connectivity index (χ4v) is 1.38. The maximum absolute atomic E-state index is 4.36. The van der Waals surface area contributed by atoms with Crippen LogP contribution in [-0.4, -0.2) is 14.6 Å². The zero-order chi connectivity index (χ0) is 8.55. The molecule has 3 nitrogen and oxygen atoms in total. The summed E-state index contributed by atoms with van der Waals surface area (Å²) in [6.07, 6.45) is 2.90. The van der Waals surface area contributed by atoms with Crippen molar-refractivity contribution in [3.05, 3.63) is 29.8 Å². The Balaban J connectivity index is 2.80. The van der Waals surface area contributed by atoms with Crippen molar-refractivity contribution in [3.63, 3.8) is 0 Å². The number of aromatic nitrogens is 3. The largest absolute Gasteiger partial charge is 0.237 e. The number of fused-ring (bicyclic) bond motifs is 1. The minimum atomic E-state index is 0.829. The molecule has 62 valence electrons. The number of hydrogen-bond acceptors (Lipinski definition) is 2. The molecule has 0 aliphatic heterocycles. The highest BCUT2D eigenvalue weighted by Crippen LogP contribution is 2.08. The zero-order valence-corrected chi connectivity index (χ0v) is 7.28. The summed E-state index contributed by atoms with van der Waals surface area (Å²) in [6.45, 7) is 4.02. The predicted molar refractivity (Wildman–Crippen MR) is 47.1 cm³/mol. The summed E-state index contributed by atoms with van der Waals surface area (Å²) in [5, 5.41) is 4.25. The summed E-state index contributed by atoms with van der Waals surface area (Å²) >= 11 is 0. The lowest BCUT2D eigenvalue weighted by molar-refractivity contribution is 0.824. The zero-order valence-electron chi connectivity index (χ0n) is 7.28. The van der Waals surface area contributed by atoms with Crippen molar-refractivity contribution >= 4 is 5.52 Å². The van der Waals surface area contributed by atoms with E-state index >= 15 is 0 Å². The van der Waals surface area contributed by atoms with E-state index in [0.717, 1.165) is 23.5 Å². The van der Waals surface area contributed by atoms with E-state index in [4.69, 9.17) is 0 Å². The number of rotatable bonds is 1. The molecular weight excluding hydrogens is 150 g/mol. The number of hydrogen-bond donors (Lipinski definition) is 0. The Morgan fingerprint density at radius 1 is 1.50 bits per heavy atom. The second-order valence-electron chi connectivity index (χ2n) is 2.80. The molecule has 12 heavy (non-hydrogen) atoms. The Hall–Kier alpha value is -1.38. The van der Waals surface area contributed by atoms with Gasteiger partial charge in [-0.2, -0.15) is 5.10 Å². The summed E-state index contributed by atoms with van der Waals surface area (Å²) in [5.41, 5.74) is 2.23. The number of aryl methyl sites for hydroxylation is 2. The van der Waals surface area contributed by atoms with Crippen molar-refractivity contribution in [2.75, 3.05) is 0 Å². The first-order valence-electron chi connectivity index (χ1n) is 4.12. The third-order valence-corrected chi connectivity index (χ3v) is 1.91. The third kappa shape index (κ3) is 0.978. The molecule has 0 N–H and O–H groups in total. The van der Waals surface area contributed by atoms with Crippen molar-refractivity contribution in [2.24, 2.45) is 0 Å². The van der Waals surface area contributed by atoms with Gasteiger partial charge in [0, 0.05) is 6.20 Å². The molecule has 3 heteroatoms. The van der Waals surface area contributed by atoms with Crippen LogP contribution in [0.1, 0.15) is 18.4 Å². The van der Waals surface area contributed by atoms with E-state index in [0.29, 0.717) is 0 Å². The van der Waals surface area contributed by atoms with Gasteiger partial charge in [0.25, 0.3) is 0 Å². The van der Waals surface area contributed by atoms with E-state index in [1.165, 1.54) is 0 Å². The van der Waals surface area contributed by atoms with Crippen molar-refractivity contribution in [1.29, 1.82) is 0 Å². The molecule has 2 aromatic rings. The highest BCUT2D eigenvalue weighted by molar-refractivity contribution is 5.50. The van der Waals surface area contributed by atoms with Crippen LogP contribution in [0.15, 0.2) is 18.3 Å². The van der Waals surface area contributed by atoms with E-state index in [1.54, 1.807) is 0 Å². The molecule has 2 heterocycles. The van der Waals surface area contributed by atoms with Crippen LogP contribution in [0.4, 0.5) is 0 Å². The maximum Gasteiger partial charge on any atom is 0.146 e. The molecule has 0 fully saturated rings. The van der Waals surface area contributed by atoms with Gasteiger partial charge in [0.15, 0.2) is 0 Å². The van der Waals surface area contributed by atoms with Crippen molar-refractivity contribution < 1.29 is 0 Å². The molecule has 0 radical (unpaired) electrons. The first-order chi connectivity index (χ1) is 5.81. The Morgan fingerprint density at radius 3 is 3.08 bits per heavy atom. The minimum absolute atomic E-state index is 0.829. The van der Waals surface area contributed by atoms with Gasteiger partial charge in [-0.05, 0) is 25.5 Å². The topological polar surface area (TPSA) is 30.2 Å². The second kappa shape index (κ2) is 2.59. The number of nitrogens with zero attached hydrogens (tertiary/aromatic N) is 3. The van der Waals surface area contributed by atoms with E-state index in [1.807, 2.05) is 29.8 Å². The monoisotopic (exact) mass is 161 g/mol. The SMILES string of the molecule is CCc1nc(C)nn2cccc12. The van der Waals surface area contributed by atoms with Crippen LogP contribution in [-0.2, 0) is 6.42 Å². The Bertz CT molecular complexity index is 403. The third-order valence-electron chi connectivity index (χ3n) is 1.91. The van der Waals surface area contributed by atoms with Gasteiger partial charge in [-0.25, -0.2) is 9.50 Å². The van der Waals surface area contributed by atoms with Crippen LogP contribution >= 0.6 is 0 Å². The normalized spacial score (nSPS) is 10.8. The van der Waals surface area contributed by atoms with Gasteiger partial charge in [0.1, 0.15) is 5.82 Å². The van der Waals surface area contributed by atoms with Crippen LogP contribution in [0.3, 0.4) is 0 Å². The van der Waals surface area contributed by atoms with Gasteiger partial charge in [-0.15, -0.1) is 0 Å². The van der Waals surface area contributed by atoms with E-state index < -0.39 is 0 Å². The van der Waals surface area contributed by atoms with Crippen LogP contribution in [0.25, 0.3) is 5.52 Å². The van der Waals surface area contributed by atoms with E-state index in [9.17, 15) is 0 Å². The second-order valence-corrected chi connectivity index (χ2v) is 2.80. The standard InChI is InChI=1S/C9H11N3/c1-3-8-9-5-4-6-12(9)11-7(2)10-8/h4-6H,3H2,1-2H3. The summed E-state index contributed by atoms with van der Waals surface area (Å²) < 4.78 is 1.88. The average Bonchev–Trinajstić information content (AvgIpc) is 2.50. The van der Waals surface area contributed by atoms with Crippen LogP contribution in [0, 0.1) is 6.92 Å². The first kappa shape index (κ1) is 7.28. The van der Waals surface area contributed by atoms with Crippen LogP contribution in [0.5, 0.6) is 0 Å². The smallest absolute Gasteiger partial charge is 0.146 e. The summed E-state index contributed by atoms with van der Waals surface area (Å²) in [4.78, 5) is 4.36. The average molecular weight is 161 g/mol. The molecule has 2 aromatic heterocycles. The fourth-order valence-electron chi connectivity index (χ4n) is 1.38. The highest BCUT2D eigenvalue weighted by atomic mass is 15.2. The Labute approximate surface area is 71.1 Å². The van der Waals surface area contributed by atoms with Gasteiger partial charge >= 0.3 is 0 Å². The van der Waals surface area contributed by atoms with Gasteiger partial charge in [0.05, 0.1) is 11.2 Å². The molecular formula is C9H11N3. The lowest BCUT2D eigenvalue weighted by Gasteiger charge is -2.01. The fraction of sp³-hybridized carbons (Fsp3) is 0.333. The maximum atomic E-state index is 4.36. The lowest BCUT2D eigenvalue weighted by atomic mass is 10.3. The molecule has 0 aliphatic rings. The van der Waals surface area contributed by atoms with Crippen LogP contribution in [0.2, 0.25) is 0 Å². The van der Waals surface area contributed by atoms with Gasteiger partial charge in [-0.3, -0.25) is 0 Å². The molecule has 2 rings (SSSR count). The van der Waals surface area contributed by atoms with E-state index in [2.05, 4.69) is 17.0 Å². The van der Waals surface area contributed by atoms with Gasteiger partial charge < -0.3 is 0 Å². The van der Waals surface area contributed by atoms with Gasteiger partial charge in [-0.1, -0.05) is 6.92 Å². The first-order valence-corrected chi connectivity index (χ1v) is 4.12. The summed E-state index contributed by atoms with van der Waals surface area (Å²) in [6, 6.07) is 4.03. The molecule has 0 aromatic carbocycles. The molecule has 0 saturated carbocycles. The summed E-state index contributed by atoms with van der Waals surface area (Å²) in [7, 11) is 0. The lowest BCUT2D eigenvalue weighted by Crippen LogP contribution is -2.01. The molecule has 0 bridgehead atoms. The van der Waals surface area contributed by atoms with Crippen molar-refractivity contribution in [3.8, 4) is 0 Å². The molecule has 0 unspecified atom stereocenters. The summed E-state index contributed by atoms with van der Waals surface area (Å²) in [5.74, 6) is 0.829.